The Morgan fingerprint density at radius 1 is 1.12 bits per heavy atom. The second kappa shape index (κ2) is 6.94. The summed E-state index contributed by atoms with van der Waals surface area (Å²) < 4.78 is 5.86. The van der Waals surface area contributed by atoms with Crippen LogP contribution in [-0.4, -0.2) is 29.0 Å². The summed E-state index contributed by atoms with van der Waals surface area (Å²) >= 11 is 0. The van der Waals surface area contributed by atoms with Crippen LogP contribution in [0.15, 0.2) is 47.2 Å². The lowest BCUT2D eigenvalue weighted by Crippen LogP contribution is -2.51. The zero-order valence-corrected chi connectivity index (χ0v) is 14.4. The molecule has 3 rings (SSSR count). The topological polar surface area (TPSA) is 89.6 Å². The Morgan fingerprint density at radius 2 is 1.80 bits per heavy atom. The van der Waals surface area contributed by atoms with Crippen LogP contribution in [0.1, 0.15) is 59.7 Å². The number of carbonyl (C=O) groups excluding carboxylic acids is 2. The molecule has 0 bridgehead atoms. The van der Waals surface area contributed by atoms with Crippen LogP contribution in [0.3, 0.4) is 0 Å². The third-order valence-electron chi connectivity index (χ3n) is 4.76. The van der Waals surface area contributed by atoms with Gasteiger partial charge in [0.2, 0.25) is 0 Å². The van der Waals surface area contributed by atoms with E-state index in [4.69, 9.17) is 10.5 Å². The maximum Gasteiger partial charge on any atom is 0.198 e. The summed E-state index contributed by atoms with van der Waals surface area (Å²) in [4.78, 5) is 25.8. The number of unbranched alkanes of at least 4 members (excludes halogenated alkanes) is 3. The van der Waals surface area contributed by atoms with Gasteiger partial charge in [-0.15, -0.1) is 0 Å². The summed E-state index contributed by atoms with van der Waals surface area (Å²) in [6, 6.07) is 6.60. The quantitative estimate of drug-likeness (QED) is 0.611. The molecule has 0 heterocycles. The molecule has 1 atom stereocenters. The van der Waals surface area contributed by atoms with Crippen molar-refractivity contribution in [2.24, 2.45) is 5.73 Å². The fraction of sp³-hybridized carbons (Fsp3) is 0.400. The predicted octanol–water partition coefficient (Wildman–Crippen LogP) is 3.46. The largest absolute Gasteiger partial charge is 0.508 e. The van der Waals surface area contributed by atoms with Crippen LogP contribution in [0.25, 0.3) is 0 Å². The van der Waals surface area contributed by atoms with Crippen LogP contribution < -0.4 is 5.73 Å². The summed E-state index contributed by atoms with van der Waals surface area (Å²) in [5.74, 6) is -0.928. The number of fused-ring (bicyclic) bond motifs is 1. The van der Waals surface area contributed by atoms with Gasteiger partial charge in [0, 0.05) is 24.2 Å². The van der Waals surface area contributed by atoms with Crippen molar-refractivity contribution < 1.29 is 19.4 Å². The number of carbonyl (C=O) groups is 2. The zero-order valence-electron chi connectivity index (χ0n) is 14.4. The number of rotatable bonds is 6. The van der Waals surface area contributed by atoms with Crippen molar-refractivity contribution >= 4 is 11.6 Å². The van der Waals surface area contributed by atoms with Crippen LogP contribution >= 0.6 is 0 Å². The van der Waals surface area contributed by atoms with Crippen LogP contribution in [0.5, 0.6) is 0 Å². The van der Waals surface area contributed by atoms with Crippen molar-refractivity contribution in [3.63, 3.8) is 0 Å². The van der Waals surface area contributed by atoms with E-state index in [0.29, 0.717) is 17.7 Å². The Bertz CT molecular complexity index is 778. The van der Waals surface area contributed by atoms with Crippen molar-refractivity contribution in [1.29, 1.82) is 0 Å². The highest BCUT2D eigenvalue weighted by atomic mass is 16.5. The van der Waals surface area contributed by atoms with E-state index >= 15 is 0 Å². The van der Waals surface area contributed by atoms with E-state index in [2.05, 4.69) is 6.92 Å². The summed E-state index contributed by atoms with van der Waals surface area (Å²) in [5.41, 5.74) is 5.66. The van der Waals surface area contributed by atoms with Crippen molar-refractivity contribution in [1.82, 2.24) is 0 Å². The number of aliphatic hydroxyl groups excluding tert-OH is 1. The lowest BCUT2D eigenvalue weighted by Gasteiger charge is -2.37. The number of hydrogen-bond acceptors (Lipinski definition) is 5. The van der Waals surface area contributed by atoms with Gasteiger partial charge in [-0.1, -0.05) is 50.5 Å². The fourth-order valence-corrected chi connectivity index (χ4v) is 3.39. The van der Waals surface area contributed by atoms with Gasteiger partial charge in [-0.05, 0) is 12.5 Å². The molecule has 1 aromatic carbocycles. The normalized spacial score (nSPS) is 22.6. The highest BCUT2D eigenvalue weighted by Gasteiger charge is 2.46. The highest BCUT2D eigenvalue weighted by Crippen LogP contribution is 2.39. The predicted molar refractivity (Wildman–Crippen MR) is 94.5 cm³/mol. The van der Waals surface area contributed by atoms with E-state index in [1.165, 1.54) is 6.08 Å². The standard InChI is InChI=1S/C20H23NO4/c1-2-3-4-7-12-25-20(21)11-10-15(22)16-17(20)19(24)14-9-6-5-8-13(14)18(16)23/h5-6,8-10,22H,2-4,7,11-12,21H2,1H3. The summed E-state index contributed by atoms with van der Waals surface area (Å²) in [5, 5.41) is 10.2. The number of ether oxygens (including phenoxy) is 1. The monoisotopic (exact) mass is 341 g/mol. The van der Waals surface area contributed by atoms with Crippen LogP contribution in [0.4, 0.5) is 0 Å². The fourth-order valence-electron chi connectivity index (χ4n) is 3.39. The number of ketones is 2. The number of benzene rings is 1. The molecule has 0 saturated heterocycles. The maximum atomic E-state index is 13.0. The second-order valence-corrected chi connectivity index (χ2v) is 6.55. The molecule has 3 N–H and O–H groups in total. The molecule has 0 fully saturated rings. The first kappa shape index (κ1) is 17.6. The SMILES string of the molecule is CCCCCCOC1(N)CC=C(O)C2=C1C(=O)c1ccccc1C2=O. The number of nitrogens with two attached hydrogens (primary N) is 1. The third kappa shape index (κ3) is 3.05. The zero-order chi connectivity index (χ0) is 18.0. The molecule has 0 saturated carbocycles. The molecule has 25 heavy (non-hydrogen) atoms. The van der Waals surface area contributed by atoms with Crippen molar-refractivity contribution in [3.8, 4) is 0 Å². The lowest BCUT2D eigenvalue weighted by molar-refractivity contribution is -0.0152. The Morgan fingerprint density at radius 3 is 2.48 bits per heavy atom. The number of Topliss-reactive ketones (excluding diaryl/α,β-unsaturated/α-hetero) is 2. The summed E-state index contributed by atoms with van der Waals surface area (Å²) in [6.45, 7) is 2.53. The Labute approximate surface area is 147 Å². The minimum atomic E-state index is -1.38. The molecule has 0 spiro atoms. The molecule has 5 nitrogen and oxygen atoms in total. The van der Waals surface area contributed by atoms with Gasteiger partial charge in [0.1, 0.15) is 5.76 Å². The number of hydrogen-bond donors (Lipinski definition) is 2. The molecule has 1 aromatic rings. The highest BCUT2D eigenvalue weighted by molar-refractivity contribution is 6.29. The van der Waals surface area contributed by atoms with Gasteiger partial charge in [-0.2, -0.15) is 0 Å². The van der Waals surface area contributed by atoms with E-state index < -0.39 is 5.72 Å². The molecule has 0 aliphatic heterocycles. The van der Waals surface area contributed by atoms with Gasteiger partial charge in [0.05, 0.1) is 11.1 Å². The van der Waals surface area contributed by atoms with Crippen LogP contribution in [-0.2, 0) is 4.74 Å². The third-order valence-corrected chi connectivity index (χ3v) is 4.76. The van der Waals surface area contributed by atoms with Crippen molar-refractivity contribution in [2.45, 2.75) is 44.8 Å². The van der Waals surface area contributed by atoms with Crippen LogP contribution in [0, 0.1) is 0 Å². The minimum Gasteiger partial charge on any atom is -0.508 e. The summed E-state index contributed by atoms with van der Waals surface area (Å²) in [6.07, 6.45) is 5.71. The molecule has 1 unspecified atom stereocenters. The average Bonchev–Trinajstić information content (AvgIpc) is 2.62. The molecule has 0 aromatic heterocycles. The maximum absolute atomic E-state index is 13.0. The second-order valence-electron chi connectivity index (χ2n) is 6.55. The first-order valence-electron chi connectivity index (χ1n) is 8.75. The molecular formula is C20H23NO4. The summed E-state index contributed by atoms with van der Waals surface area (Å²) in [7, 11) is 0. The number of allylic oxidation sites excluding steroid dienone is 1. The molecule has 2 aliphatic carbocycles. The molecule has 0 amide bonds. The van der Waals surface area contributed by atoms with Gasteiger partial charge >= 0.3 is 0 Å². The van der Waals surface area contributed by atoms with Gasteiger partial charge < -0.3 is 9.84 Å². The van der Waals surface area contributed by atoms with E-state index in [9.17, 15) is 14.7 Å². The van der Waals surface area contributed by atoms with Gasteiger partial charge in [-0.3, -0.25) is 15.3 Å². The minimum absolute atomic E-state index is 0.0222. The van der Waals surface area contributed by atoms with E-state index in [1.807, 2.05) is 0 Å². The Hall–Kier alpha value is -2.24. The average molecular weight is 341 g/mol. The smallest absolute Gasteiger partial charge is 0.198 e. The molecule has 0 radical (unpaired) electrons. The molecule has 132 valence electrons. The van der Waals surface area contributed by atoms with E-state index in [0.717, 1.165) is 25.7 Å². The van der Waals surface area contributed by atoms with E-state index in [1.54, 1.807) is 24.3 Å². The van der Waals surface area contributed by atoms with Crippen molar-refractivity contribution in [2.75, 3.05) is 6.61 Å². The van der Waals surface area contributed by atoms with E-state index in [-0.39, 0.29) is 34.9 Å². The molecule has 5 heteroatoms. The van der Waals surface area contributed by atoms with Gasteiger partial charge in [0.15, 0.2) is 17.3 Å². The van der Waals surface area contributed by atoms with Gasteiger partial charge in [-0.25, -0.2) is 0 Å². The van der Waals surface area contributed by atoms with Gasteiger partial charge in [0.25, 0.3) is 0 Å². The Kier molecular flexibility index (Phi) is 4.88. The van der Waals surface area contributed by atoms with Crippen molar-refractivity contribution in [3.05, 3.63) is 58.4 Å². The van der Waals surface area contributed by atoms with Crippen LogP contribution in [0.2, 0.25) is 0 Å². The number of aliphatic hydroxyl groups is 1. The first-order chi connectivity index (χ1) is 12.0. The lowest BCUT2D eigenvalue weighted by atomic mass is 9.75. The molecular weight excluding hydrogens is 318 g/mol. The molecule has 2 aliphatic rings. The Balaban J connectivity index is 1.94. The first-order valence-corrected chi connectivity index (χ1v) is 8.75.